The number of nitro benzene ring substituents is 1. The molecule has 0 radical (unpaired) electrons. The summed E-state index contributed by atoms with van der Waals surface area (Å²) in [7, 11) is 1.28. The fourth-order valence-electron chi connectivity index (χ4n) is 1.19. The number of hydrogen-bond acceptors (Lipinski definition) is 4. The van der Waals surface area contributed by atoms with Crippen molar-refractivity contribution in [3.05, 3.63) is 32.8 Å². The zero-order chi connectivity index (χ0) is 11.6. The number of halogens is 1. The largest absolute Gasteiger partial charge is 0.490 e. The third-order valence-corrected chi connectivity index (χ3v) is 2.04. The summed E-state index contributed by atoms with van der Waals surface area (Å²) in [5.41, 5.74) is -0.404. The highest BCUT2D eigenvalue weighted by molar-refractivity contribution is 6.31. The summed E-state index contributed by atoms with van der Waals surface area (Å²) < 4.78 is 4.80. The standard InChI is InChI=1S/C9H8ClNO4/c1-5(12)7-3-6(10)4-8(15-2)9(7)11(13)14/h3-4H,1-2H3. The van der Waals surface area contributed by atoms with Gasteiger partial charge >= 0.3 is 5.69 Å². The van der Waals surface area contributed by atoms with Crippen molar-refractivity contribution in [2.45, 2.75) is 6.92 Å². The lowest BCUT2D eigenvalue weighted by molar-refractivity contribution is -0.386. The third kappa shape index (κ3) is 2.24. The molecule has 0 heterocycles. The number of nitro groups is 1. The van der Waals surface area contributed by atoms with Crippen molar-refractivity contribution >= 4 is 23.1 Å². The van der Waals surface area contributed by atoms with E-state index >= 15 is 0 Å². The average Bonchev–Trinajstić information content (AvgIpc) is 2.15. The molecule has 0 aliphatic heterocycles. The molecule has 0 N–H and O–H groups in total. The number of ketones is 1. The van der Waals surface area contributed by atoms with Crippen LogP contribution in [0.4, 0.5) is 5.69 Å². The molecule has 15 heavy (non-hydrogen) atoms. The van der Waals surface area contributed by atoms with E-state index in [0.717, 1.165) is 0 Å². The first-order valence-electron chi connectivity index (χ1n) is 4.00. The Kier molecular flexibility index (Phi) is 3.26. The molecule has 5 nitrogen and oxygen atoms in total. The van der Waals surface area contributed by atoms with Gasteiger partial charge in [0, 0.05) is 11.1 Å². The van der Waals surface area contributed by atoms with E-state index in [1.807, 2.05) is 0 Å². The molecular weight excluding hydrogens is 222 g/mol. The lowest BCUT2D eigenvalue weighted by Gasteiger charge is -2.05. The summed E-state index contributed by atoms with van der Waals surface area (Å²) >= 11 is 5.69. The minimum Gasteiger partial charge on any atom is -0.490 e. The number of hydrogen-bond donors (Lipinski definition) is 0. The summed E-state index contributed by atoms with van der Waals surface area (Å²) in [6.07, 6.45) is 0. The number of nitrogens with zero attached hydrogens (tertiary/aromatic N) is 1. The molecule has 0 atom stereocenters. The molecule has 0 amide bonds. The van der Waals surface area contributed by atoms with Crippen molar-refractivity contribution in [3.63, 3.8) is 0 Å². The van der Waals surface area contributed by atoms with Gasteiger partial charge in [-0.3, -0.25) is 14.9 Å². The Hall–Kier alpha value is -1.62. The second-order valence-corrected chi connectivity index (χ2v) is 3.25. The lowest BCUT2D eigenvalue weighted by Crippen LogP contribution is -2.02. The fraction of sp³-hybridized carbons (Fsp3) is 0.222. The van der Waals surface area contributed by atoms with Crippen LogP contribution in [0.2, 0.25) is 5.02 Å². The van der Waals surface area contributed by atoms with Gasteiger partial charge in [-0.05, 0) is 13.0 Å². The van der Waals surface area contributed by atoms with E-state index in [1.54, 1.807) is 0 Å². The molecule has 1 aromatic carbocycles. The highest BCUT2D eigenvalue weighted by Gasteiger charge is 2.24. The normalized spacial score (nSPS) is 9.80. The van der Waals surface area contributed by atoms with Crippen LogP contribution < -0.4 is 4.74 Å². The van der Waals surface area contributed by atoms with Crippen molar-refractivity contribution in [2.24, 2.45) is 0 Å². The van der Waals surface area contributed by atoms with Gasteiger partial charge in [0.2, 0.25) is 0 Å². The summed E-state index contributed by atoms with van der Waals surface area (Å²) in [5.74, 6) is -0.444. The molecular formula is C9H8ClNO4. The Morgan fingerprint density at radius 1 is 1.53 bits per heavy atom. The van der Waals surface area contributed by atoms with Crippen molar-refractivity contribution in [1.82, 2.24) is 0 Å². The minimum atomic E-state index is -0.661. The quantitative estimate of drug-likeness (QED) is 0.454. The molecule has 0 aliphatic rings. The predicted octanol–water partition coefficient (Wildman–Crippen LogP) is 2.46. The lowest BCUT2D eigenvalue weighted by atomic mass is 10.1. The summed E-state index contributed by atoms with van der Waals surface area (Å²) in [4.78, 5) is 21.3. The molecule has 0 saturated carbocycles. The topological polar surface area (TPSA) is 69.4 Å². The molecule has 0 aliphatic carbocycles. The first kappa shape index (κ1) is 11.5. The molecule has 0 saturated heterocycles. The zero-order valence-corrected chi connectivity index (χ0v) is 8.87. The van der Waals surface area contributed by atoms with Gasteiger partial charge in [-0.2, -0.15) is 0 Å². The highest BCUT2D eigenvalue weighted by Crippen LogP contribution is 2.34. The van der Waals surface area contributed by atoms with Crippen molar-refractivity contribution in [2.75, 3.05) is 7.11 Å². The number of carbonyl (C=O) groups is 1. The second kappa shape index (κ2) is 4.27. The van der Waals surface area contributed by atoms with E-state index in [1.165, 1.54) is 26.2 Å². The smallest absolute Gasteiger partial charge is 0.321 e. The number of rotatable bonds is 3. The molecule has 0 unspecified atom stereocenters. The van der Waals surface area contributed by atoms with Crippen LogP contribution in [0.15, 0.2) is 12.1 Å². The van der Waals surface area contributed by atoms with Gasteiger partial charge in [-0.25, -0.2) is 0 Å². The predicted molar refractivity (Wildman–Crippen MR) is 54.7 cm³/mol. The minimum absolute atomic E-state index is 0.0160. The zero-order valence-electron chi connectivity index (χ0n) is 8.11. The fourth-order valence-corrected chi connectivity index (χ4v) is 1.39. The van der Waals surface area contributed by atoms with Crippen molar-refractivity contribution in [3.8, 4) is 5.75 Å². The maximum Gasteiger partial charge on any atom is 0.321 e. The van der Waals surface area contributed by atoms with Crippen LogP contribution in [0.25, 0.3) is 0 Å². The number of benzene rings is 1. The van der Waals surface area contributed by atoms with Crippen LogP contribution in [-0.4, -0.2) is 17.8 Å². The van der Waals surface area contributed by atoms with Gasteiger partial charge in [0.1, 0.15) is 5.56 Å². The Morgan fingerprint density at radius 2 is 2.13 bits per heavy atom. The average molecular weight is 230 g/mol. The van der Waals surface area contributed by atoms with Crippen molar-refractivity contribution < 1.29 is 14.5 Å². The molecule has 6 heteroatoms. The van der Waals surface area contributed by atoms with E-state index in [2.05, 4.69) is 0 Å². The molecule has 0 fully saturated rings. The van der Waals surface area contributed by atoms with Crippen LogP contribution in [0.1, 0.15) is 17.3 Å². The van der Waals surface area contributed by atoms with Gasteiger partial charge in [-0.1, -0.05) is 11.6 Å². The summed E-state index contributed by atoms with van der Waals surface area (Å²) in [5, 5.41) is 11.0. The Morgan fingerprint density at radius 3 is 2.53 bits per heavy atom. The van der Waals surface area contributed by atoms with E-state index in [4.69, 9.17) is 16.3 Å². The molecule has 1 aromatic rings. The van der Waals surface area contributed by atoms with E-state index in [-0.39, 0.29) is 22.0 Å². The van der Waals surface area contributed by atoms with Crippen LogP contribution in [0.5, 0.6) is 5.75 Å². The molecule has 0 bridgehead atoms. The van der Waals surface area contributed by atoms with E-state index < -0.39 is 10.7 Å². The highest BCUT2D eigenvalue weighted by atomic mass is 35.5. The van der Waals surface area contributed by atoms with Crippen LogP contribution in [-0.2, 0) is 0 Å². The number of methoxy groups -OCH3 is 1. The van der Waals surface area contributed by atoms with Gasteiger partial charge in [-0.15, -0.1) is 0 Å². The Labute approximate surface area is 90.8 Å². The van der Waals surface area contributed by atoms with E-state index in [9.17, 15) is 14.9 Å². The van der Waals surface area contributed by atoms with Crippen molar-refractivity contribution in [1.29, 1.82) is 0 Å². The second-order valence-electron chi connectivity index (χ2n) is 2.82. The van der Waals surface area contributed by atoms with Gasteiger partial charge < -0.3 is 4.74 Å². The first-order chi connectivity index (χ1) is 6.97. The molecule has 0 aromatic heterocycles. The maximum atomic E-state index is 11.2. The van der Waals surface area contributed by atoms with Crippen LogP contribution in [0.3, 0.4) is 0 Å². The summed E-state index contributed by atoms with van der Waals surface area (Å²) in [6, 6.07) is 2.55. The number of carbonyl (C=O) groups excluding carboxylic acids is 1. The number of ether oxygens (including phenoxy) is 1. The molecule has 80 valence electrons. The number of Topliss-reactive ketones (excluding diaryl/α,β-unsaturated/α-hetero) is 1. The summed E-state index contributed by atoms with van der Waals surface area (Å²) in [6.45, 7) is 1.23. The first-order valence-corrected chi connectivity index (χ1v) is 4.38. The van der Waals surface area contributed by atoms with Crippen LogP contribution >= 0.6 is 11.6 Å². The van der Waals surface area contributed by atoms with Crippen LogP contribution in [0, 0.1) is 10.1 Å². The monoisotopic (exact) mass is 229 g/mol. The maximum absolute atomic E-state index is 11.2. The SMILES string of the molecule is COc1cc(Cl)cc(C(C)=O)c1[N+](=O)[O-]. The molecule has 1 rings (SSSR count). The third-order valence-electron chi connectivity index (χ3n) is 1.82. The van der Waals surface area contributed by atoms with Gasteiger partial charge in [0.05, 0.1) is 12.0 Å². The Balaban J connectivity index is 3.54. The van der Waals surface area contributed by atoms with Gasteiger partial charge in [0.15, 0.2) is 11.5 Å². The molecule has 0 spiro atoms. The van der Waals surface area contributed by atoms with E-state index in [0.29, 0.717) is 0 Å². The van der Waals surface area contributed by atoms with Gasteiger partial charge in [0.25, 0.3) is 0 Å². The Bertz CT molecular complexity index is 430.